The summed E-state index contributed by atoms with van der Waals surface area (Å²) in [5, 5.41) is 14.2. The molecule has 0 aliphatic heterocycles. The molecule has 0 unspecified atom stereocenters. The highest BCUT2D eigenvalue weighted by molar-refractivity contribution is 9.10. The second kappa shape index (κ2) is 9.65. The molecule has 0 saturated heterocycles. The molecule has 1 atom stereocenters. The van der Waals surface area contributed by atoms with E-state index in [9.17, 15) is 9.59 Å². The third kappa shape index (κ3) is 4.75. The molecule has 0 amide bonds. The Kier molecular flexibility index (Phi) is 6.69. The summed E-state index contributed by atoms with van der Waals surface area (Å²) in [5.41, 5.74) is 1.01. The Morgan fingerprint density at radius 1 is 1.25 bits per heavy atom. The van der Waals surface area contributed by atoms with Crippen molar-refractivity contribution in [3.05, 3.63) is 68.7 Å². The van der Waals surface area contributed by atoms with E-state index < -0.39 is 12.1 Å². The van der Waals surface area contributed by atoms with Crippen LogP contribution in [-0.4, -0.2) is 33.1 Å². The lowest BCUT2D eigenvalue weighted by molar-refractivity contribution is -0.144. The Hall–Kier alpha value is -3.00. The van der Waals surface area contributed by atoms with Crippen LogP contribution in [0.4, 0.5) is 0 Å². The number of hydrogen-bond donors (Lipinski definition) is 1. The van der Waals surface area contributed by atoms with E-state index in [4.69, 9.17) is 14.8 Å². The van der Waals surface area contributed by atoms with Gasteiger partial charge in [-0.1, -0.05) is 47.3 Å². The van der Waals surface area contributed by atoms with Gasteiger partial charge in [-0.05, 0) is 50.1 Å². The number of rotatable bonds is 6. The normalized spacial score (nSPS) is 15.8. The van der Waals surface area contributed by atoms with Gasteiger partial charge < -0.3 is 9.84 Å². The van der Waals surface area contributed by atoms with Crippen molar-refractivity contribution >= 4 is 39.0 Å². The average Bonchev–Trinajstić information content (AvgIpc) is 2.80. The molecule has 0 bridgehead atoms. The van der Waals surface area contributed by atoms with Crippen LogP contribution in [0.15, 0.2) is 56.8 Å². The molecule has 2 aromatic carbocycles. The molecule has 1 aliphatic rings. The van der Waals surface area contributed by atoms with Crippen LogP contribution in [0.5, 0.6) is 5.75 Å². The van der Waals surface area contributed by atoms with E-state index in [2.05, 4.69) is 21.0 Å². The summed E-state index contributed by atoms with van der Waals surface area (Å²) < 4.78 is 7.75. The molecule has 1 heterocycles. The zero-order chi connectivity index (χ0) is 22.7. The van der Waals surface area contributed by atoms with Crippen molar-refractivity contribution in [2.75, 3.05) is 0 Å². The highest BCUT2D eigenvalue weighted by atomic mass is 79.9. The number of aromatic nitrogens is 2. The van der Waals surface area contributed by atoms with Gasteiger partial charge in [0.1, 0.15) is 11.6 Å². The molecule has 1 fully saturated rings. The van der Waals surface area contributed by atoms with Crippen LogP contribution >= 0.6 is 15.9 Å². The molecular formula is C24H24BrN3O4. The summed E-state index contributed by atoms with van der Waals surface area (Å²) in [7, 11) is 0. The molecule has 7 nitrogen and oxygen atoms in total. The van der Waals surface area contributed by atoms with Gasteiger partial charge in [0.2, 0.25) is 0 Å². The highest BCUT2D eigenvalue weighted by Gasteiger charge is 2.22. The minimum absolute atomic E-state index is 0.167. The number of nitrogens with zero attached hydrogens (tertiary/aromatic N) is 3. The van der Waals surface area contributed by atoms with Crippen LogP contribution in [0.1, 0.15) is 56.3 Å². The van der Waals surface area contributed by atoms with Gasteiger partial charge in [-0.2, -0.15) is 9.78 Å². The molecule has 166 valence electrons. The fraction of sp³-hybridized carbons (Fsp3) is 0.333. The summed E-state index contributed by atoms with van der Waals surface area (Å²) in [5.74, 6) is 0.157. The maximum absolute atomic E-state index is 13.4. The van der Waals surface area contributed by atoms with Gasteiger partial charge in [-0.25, -0.2) is 9.78 Å². The predicted octanol–water partition coefficient (Wildman–Crippen LogP) is 4.94. The zero-order valence-electron chi connectivity index (χ0n) is 17.7. The molecule has 1 aromatic heterocycles. The second-order valence-electron chi connectivity index (χ2n) is 7.96. The number of ether oxygens (including phenoxy) is 1. The standard InChI is InChI=1S/C24H24BrN3O4/c1-15(24(30)31)32-21-10-6-5-9-17(21)14-26-28-22(16-7-3-2-4-8-16)27-20-12-11-18(25)13-19(20)23(28)29/h5-6,9-16H,2-4,7-8H2,1H3,(H,30,31)/t15-/m0/s1. The number of carboxylic acid groups (broad SMARTS) is 1. The first-order valence-corrected chi connectivity index (χ1v) is 11.5. The average molecular weight is 498 g/mol. The van der Waals surface area contributed by atoms with E-state index in [1.807, 2.05) is 12.1 Å². The Morgan fingerprint density at radius 3 is 2.75 bits per heavy atom. The number of carboxylic acids is 1. The second-order valence-corrected chi connectivity index (χ2v) is 8.88. The van der Waals surface area contributed by atoms with Crippen LogP contribution < -0.4 is 10.3 Å². The Bertz CT molecular complexity index is 1230. The largest absolute Gasteiger partial charge is 0.479 e. The van der Waals surface area contributed by atoms with Gasteiger partial charge in [-0.15, -0.1) is 0 Å². The number of carbonyl (C=O) groups is 1. The summed E-state index contributed by atoms with van der Waals surface area (Å²) in [6.45, 7) is 1.47. The van der Waals surface area contributed by atoms with Crippen LogP contribution in [0.3, 0.4) is 0 Å². The quantitative estimate of drug-likeness (QED) is 0.486. The molecule has 8 heteroatoms. The third-order valence-corrected chi connectivity index (χ3v) is 6.18. The van der Waals surface area contributed by atoms with E-state index >= 15 is 0 Å². The van der Waals surface area contributed by atoms with Crippen molar-refractivity contribution in [3.63, 3.8) is 0 Å². The first kappa shape index (κ1) is 22.2. The fourth-order valence-electron chi connectivity index (χ4n) is 3.96. The number of para-hydroxylation sites is 1. The molecule has 3 aromatic rings. The Labute approximate surface area is 193 Å². The maximum Gasteiger partial charge on any atom is 0.344 e. The molecule has 1 N–H and O–H groups in total. The first-order valence-electron chi connectivity index (χ1n) is 10.7. The molecule has 32 heavy (non-hydrogen) atoms. The van der Waals surface area contributed by atoms with Crippen LogP contribution in [0, 0.1) is 0 Å². The summed E-state index contributed by atoms with van der Waals surface area (Å²) >= 11 is 3.43. The maximum atomic E-state index is 13.4. The number of aliphatic carboxylic acids is 1. The summed E-state index contributed by atoms with van der Waals surface area (Å²) in [6.07, 6.45) is 5.86. The molecule has 1 saturated carbocycles. The molecule has 0 spiro atoms. The fourth-order valence-corrected chi connectivity index (χ4v) is 4.32. The minimum atomic E-state index is -1.06. The van der Waals surface area contributed by atoms with E-state index in [1.165, 1.54) is 24.2 Å². The van der Waals surface area contributed by atoms with Crippen LogP contribution in [0.25, 0.3) is 10.9 Å². The Balaban J connectivity index is 1.80. The van der Waals surface area contributed by atoms with E-state index in [0.29, 0.717) is 28.0 Å². The summed E-state index contributed by atoms with van der Waals surface area (Å²) in [6, 6.07) is 12.5. The van der Waals surface area contributed by atoms with Gasteiger partial charge >= 0.3 is 5.97 Å². The van der Waals surface area contributed by atoms with Crippen molar-refractivity contribution in [3.8, 4) is 5.75 Å². The van der Waals surface area contributed by atoms with E-state index in [-0.39, 0.29) is 11.5 Å². The lowest BCUT2D eigenvalue weighted by Crippen LogP contribution is -2.25. The van der Waals surface area contributed by atoms with Gasteiger partial charge in [0.05, 0.1) is 17.1 Å². The monoisotopic (exact) mass is 497 g/mol. The van der Waals surface area contributed by atoms with E-state index in [1.54, 1.807) is 30.3 Å². The van der Waals surface area contributed by atoms with Crippen molar-refractivity contribution in [1.82, 2.24) is 9.66 Å². The van der Waals surface area contributed by atoms with Crippen molar-refractivity contribution in [2.45, 2.75) is 51.0 Å². The van der Waals surface area contributed by atoms with Crippen LogP contribution in [0.2, 0.25) is 0 Å². The van der Waals surface area contributed by atoms with E-state index in [0.717, 1.165) is 30.2 Å². The van der Waals surface area contributed by atoms with Gasteiger partial charge in [0.15, 0.2) is 6.10 Å². The van der Waals surface area contributed by atoms with Crippen LogP contribution in [-0.2, 0) is 4.79 Å². The SMILES string of the molecule is C[C@H](Oc1ccccc1C=Nn1c(C2CCCCC2)nc2ccc(Br)cc2c1=O)C(=O)O. The lowest BCUT2D eigenvalue weighted by atomic mass is 9.88. The topological polar surface area (TPSA) is 93.8 Å². The van der Waals surface area contributed by atoms with Crippen molar-refractivity contribution in [1.29, 1.82) is 0 Å². The van der Waals surface area contributed by atoms with Crippen molar-refractivity contribution < 1.29 is 14.6 Å². The van der Waals surface area contributed by atoms with Gasteiger partial charge in [-0.3, -0.25) is 4.79 Å². The minimum Gasteiger partial charge on any atom is -0.479 e. The number of hydrogen-bond acceptors (Lipinski definition) is 5. The third-order valence-electron chi connectivity index (χ3n) is 5.69. The van der Waals surface area contributed by atoms with Gasteiger partial charge in [0.25, 0.3) is 5.56 Å². The smallest absolute Gasteiger partial charge is 0.344 e. The molecule has 4 rings (SSSR count). The number of halogens is 1. The van der Waals surface area contributed by atoms with Crippen molar-refractivity contribution in [2.24, 2.45) is 5.10 Å². The molecule has 0 radical (unpaired) electrons. The predicted molar refractivity (Wildman–Crippen MR) is 127 cm³/mol. The van der Waals surface area contributed by atoms with Gasteiger partial charge in [0, 0.05) is 16.0 Å². The zero-order valence-corrected chi connectivity index (χ0v) is 19.3. The summed E-state index contributed by atoms with van der Waals surface area (Å²) in [4.78, 5) is 29.4. The molecular weight excluding hydrogens is 474 g/mol. The molecule has 1 aliphatic carbocycles. The highest BCUT2D eigenvalue weighted by Crippen LogP contribution is 2.32. The number of fused-ring (bicyclic) bond motifs is 1. The first-order chi connectivity index (χ1) is 15.4. The lowest BCUT2D eigenvalue weighted by Gasteiger charge is -2.22. The Morgan fingerprint density at radius 2 is 2.00 bits per heavy atom. The number of benzene rings is 2.